The van der Waals surface area contributed by atoms with Crippen molar-refractivity contribution in [3.05, 3.63) is 205 Å². The number of hydrogen-bond donors (Lipinski definition) is 2. The van der Waals surface area contributed by atoms with Gasteiger partial charge in [-0.05, 0) is 49.5 Å². The highest BCUT2D eigenvalue weighted by Gasteiger charge is 2.38. The summed E-state index contributed by atoms with van der Waals surface area (Å²) in [4.78, 5) is 14.7. The Morgan fingerprint density at radius 3 is 2.10 bits per heavy atom. The first-order valence-electron chi connectivity index (χ1n) is 20.3. The summed E-state index contributed by atoms with van der Waals surface area (Å²) in [7, 11) is 0. The fraction of sp³-hybridized carbons (Fsp3) is 0.146. The molecule has 0 saturated carbocycles. The maximum atomic E-state index is 5.00. The van der Waals surface area contributed by atoms with E-state index in [0.717, 1.165) is 95.7 Å². The van der Waals surface area contributed by atoms with Crippen molar-refractivity contribution in [3.63, 3.8) is 0 Å². The molecule has 2 aliphatic heterocycles. The van der Waals surface area contributed by atoms with Gasteiger partial charge in [0.15, 0.2) is 11.6 Å². The van der Waals surface area contributed by atoms with E-state index in [1.54, 1.807) is 0 Å². The van der Waals surface area contributed by atoms with Gasteiger partial charge in [0.2, 0.25) is 0 Å². The lowest BCUT2D eigenvalue weighted by molar-refractivity contribution is 0.233. The predicted molar refractivity (Wildman–Crippen MR) is 236 cm³/mol. The Morgan fingerprint density at radius 1 is 0.644 bits per heavy atom. The van der Waals surface area contributed by atoms with E-state index < -0.39 is 0 Å². The summed E-state index contributed by atoms with van der Waals surface area (Å²) in [6, 6.07) is 39.8. The smallest absolute Gasteiger partial charge is 0.160 e. The highest BCUT2D eigenvalue weighted by molar-refractivity contribution is 6.02. The molecule has 4 aliphatic rings. The van der Waals surface area contributed by atoms with Gasteiger partial charge in [0, 0.05) is 47.7 Å². The van der Waals surface area contributed by atoms with Crippen molar-refractivity contribution in [2.45, 2.75) is 31.7 Å². The molecule has 0 amide bonds. The molecule has 10 rings (SSSR count). The zero-order valence-corrected chi connectivity index (χ0v) is 32.7. The number of aliphatic imine (C=N–C) groups is 1. The second-order valence-electron chi connectivity index (χ2n) is 14.6. The number of allylic oxidation sites excluding steroid dienone is 4. The highest BCUT2D eigenvalue weighted by atomic mass is 16.0. The Kier molecular flexibility index (Phi) is 9.81. The van der Waals surface area contributed by atoms with Crippen LogP contribution in [0, 0.1) is 0 Å². The predicted octanol–water partition coefficient (Wildman–Crippen LogP) is 9.38. The molecule has 0 spiro atoms. The molecular formula is C48H45N11. The fourth-order valence-corrected chi connectivity index (χ4v) is 7.97. The van der Waals surface area contributed by atoms with Gasteiger partial charge in [-0.15, -0.1) is 0 Å². The Hall–Kier alpha value is -7.53. The van der Waals surface area contributed by atoms with Gasteiger partial charge in [-0.25, -0.2) is 19.3 Å². The molecule has 59 heavy (non-hydrogen) atoms. The largest absolute Gasteiger partial charge is 0.295 e. The van der Waals surface area contributed by atoms with Crippen LogP contribution in [-0.2, 0) is 0 Å². The van der Waals surface area contributed by atoms with Gasteiger partial charge >= 0.3 is 0 Å². The Bertz CT molecular complexity index is 2600. The first-order valence-corrected chi connectivity index (χ1v) is 20.3. The number of nitrogens with zero attached hydrogens (tertiary/aromatic N) is 9. The third-order valence-corrected chi connectivity index (χ3v) is 10.8. The number of benzene rings is 4. The van der Waals surface area contributed by atoms with E-state index >= 15 is 0 Å². The molecule has 4 aromatic carbocycles. The third kappa shape index (κ3) is 7.07. The van der Waals surface area contributed by atoms with Crippen LogP contribution >= 0.6 is 0 Å². The van der Waals surface area contributed by atoms with Crippen LogP contribution in [0.2, 0.25) is 0 Å². The first kappa shape index (κ1) is 35.9. The molecule has 0 bridgehead atoms. The monoisotopic (exact) mass is 775 g/mol. The number of aromatic nitrogens is 4. The minimum atomic E-state index is -0.0557. The van der Waals surface area contributed by atoms with Crippen molar-refractivity contribution >= 4 is 17.2 Å². The van der Waals surface area contributed by atoms with E-state index in [1.165, 1.54) is 5.56 Å². The van der Waals surface area contributed by atoms with Crippen LogP contribution in [0.1, 0.15) is 37.3 Å². The lowest BCUT2D eigenvalue weighted by atomic mass is 10.0. The second-order valence-corrected chi connectivity index (χ2v) is 14.6. The van der Waals surface area contributed by atoms with E-state index in [2.05, 4.69) is 169 Å². The van der Waals surface area contributed by atoms with Crippen molar-refractivity contribution in [1.29, 1.82) is 0 Å². The molecule has 11 nitrogen and oxygen atoms in total. The summed E-state index contributed by atoms with van der Waals surface area (Å²) in [5.41, 5.74) is 15.7. The van der Waals surface area contributed by atoms with Crippen LogP contribution < -0.4 is 21.1 Å². The van der Waals surface area contributed by atoms with E-state index in [1.807, 2.05) is 53.7 Å². The minimum absolute atomic E-state index is 0.0557. The van der Waals surface area contributed by atoms with Gasteiger partial charge in [-0.2, -0.15) is 10.2 Å². The summed E-state index contributed by atoms with van der Waals surface area (Å²) < 4.78 is 4.16. The molecular weight excluding hydrogens is 731 g/mol. The molecule has 11 heteroatoms. The number of hydrazine groups is 3. The Balaban J connectivity index is 1.13. The molecule has 6 aromatic rings. The number of hydrogen-bond acceptors (Lipinski definition) is 9. The standard InChI is InChI=1S/C48H45N11/c1-5-17-37(18-6-1)43-29-33-56(43)58(44-27-15-13-25-41(44)52-54-34-30-49-46(54)38-19-7-2-8-20-38)59(57-36-32-51-48(57)40-23-11-4-12-24-40)45-28-16-14-26-42(45)53-55-35-31-50-47(55)39-21-9-3-10-22-39/h1,3-7,9-13,15,17-29,31-33,35-36,43,52-53H,2,8,14,16,30,34H2. The number of imidazole rings is 2. The molecule has 4 heterocycles. The number of anilines is 2. The number of amidine groups is 1. The van der Waals surface area contributed by atoms with Crippen LogP contribution in [-0.4, -0.2) is 48.3 Å². The van der Waals surface area contributed by atoms with E-state index in [4.69, 9.17) is 15.0 Å². The van der Waals surface area contributed by atoms with Crippen LogP contribution in [0.4, 0.5) is 11.4 Å². The number of nitrogens with one attached hydrogen (secondary N) is 2. The summed E-state index contributed by atoms with van der Waals surface area (Å²) >= 11 is 0. The van der Waals surface area contributed by atoms with Gasteiger partial charge in [0.05, 0.1) is 30.5 Å². The van der Waals surface area contributed by atoms with E-state index in [0.29, 0.717) is 0 Å². The Morgan fingerprint density at radius 2 is 1.34 bits per heavy atom. The quantitative estimate of drug-likeness (QED) is 0.112. The zero-order chi connectivity index (χ0) is 39.4. The van der Waals surface area contributed by atoms with Crippen molar-refractivity contribution in [2.75, 3.05) is 34.2 Å². The van der Waals surface area contributed by atoms with Crippen LogP contribution in [0.15, 0.2) is 205 Å². The van der Waals surface area contributed by atoms with Crippen molar-refractivity contribution in [2.24, 2.45) is 4.99 Å². The molecule has 2 N–H and O–H groups in total. The molecule has 0 saturated heterocycles. The second kappa shape index (κ2) is 16.1. The minimum Gasteiger partial charge on any atom is -0.295 e. The summed E-state index contributed by atoms with van der Waals surface area (Å²) in [6.07, 6.45) is 27.2. The molecule has 0 fully saturated rings. The lowest BCUT2D eigenvalue weighted by Crippen LogP contribution is -2.60. The lowest BCUT2D eigenvalue weighted by Gasteiger charge is -2.51. The maximum absolute atomic E-state index is 5.00. The third-order valence-electron chi connectivity index (χ3n) is 10.8. The normalized spacial score (nSPS) is 17.1. The van der Waals surface area contributed by atoms with Gasteiger partial charge in [-0.3, -0.25) is 25.9 Å². The molecule has 2 aromatic heterocycles. The average molecular weight is 776 g/mol. The SMILES string of the molecule is C1=CC(C2=NCCN2Nc2ccccc2N(N2C=CC2c2ccccc2)N(C2=CCCC=C2Nn2ccnc2-c2ccccc2)n2ccnc2-c2ccccc2)=CCC1. The van der Waals surface area contributed by atoms with Gasteiger partial charge in [0.25, 0.3) is 0 Å². The van der Waals surface area contributed by atoms with Crippen molar-refractivity contribution < 1.29 is 0 Å². The highest BCUT2D eigenvalue weighted by Crippen LogP contribution is 2.41. The van der Waals surface area contributed by atoms with Gasteiger partial charge < -0.3 is 0 Å². The molecule has 1 atom stereocenters. The summed E-state index contributed by atoms with van der Waals surface area (Å²) in [6.45, 7) is 1.48. The van der Waals surface area contributed by atoms with Crippen LogP contribution in [0.5, 0.6) is 0 Å². The zero-order valence-electron chi connectivity index (χ0n) is 32.7. The summed E-state index contributed by atoms with van der Waals surface area (Å²) in [5.74, 6) is 2.58. The first-order chi connectivity index (χ1) is 29.3. The molecule has 292 valence electrons. The number of para-hydroxylation sites is 2. The van der Waals surface area contributed by atoms with E-state index in [-0.39, 0.29) is 6.04 Å². The summed E-state index contributed by atoms with van der Waals surface area (Å²) in [5, 5.41) is 9.01. The topological polar surface area (TPSA) is 85.0 Å². The van der Waals surface area contributed by atoms with Crippen molar-refractivity contribution in [3.8, 4) is 22.8 Å². The van der Waals surface area contributed by atoms with Crippen molar-refractivity contribution in [1.82, 2.24) is 29.3 Å². The number of rotatable bonds is 13. The fourth-order valence-electron chi connectivity index (χ4n) is 7.97. The molecule has 0 radical (unpaired) electrons. The van der Waals surface area contributed by atoms with Crippen LogP contribution in [0.3, 0.4) is 0 Å². The average Bonchev–Trinajstić information content (AvgIpc) is 4.08. The van der Waals surface area contributed by atoms with Gasteiger partial charge in [0.1, 0.15) is 17.2 Å². The maximum Gasteiger partial charge on any atom is 0.160 e. The Labute approximate surface area is 344 Å². The van der Waals surface area contributed by atoms with Gasteiger partial charge in [-0.1, -0.05) is 134 Å². The molecule has 2 aliphatic carbocycles. The molecule has 1 unspecified atom stereocenters. The van der Waals surface area contributed by atoms with E-state index in [9.17, 15) is 0 Å². The van der Waals surface area contributed by atoms with Crippen LogP contribution in [0.25, 0.3) is 22.8 Å².